The van der Waals surface area contributed by atoms with Crippen LogP contribution in [0.15, 0.2) is 42.5 Å². The quantitative estimate of drug-likeness (QED) is 0.793. The molecule has 4 heteroatoms. The topological polar surface area (TPSA) is 47.6 Å². The highest BCUT2D eigenvalue weighted by Gasteiger charge is 2.18. The van der Waals surface area contributed by atoms with Gasteiger partial charge in [0.05, 0.1) is 25.8 Å². The first-order valence-corrected chi connectivity index (χ1v) is 8.63. The average molecular weight is 341 g/mol. The predicted octanol–water partition coefficient (Wildman–Crippen LogP) is 4.71. The first-order chi connectivity index (χ1) is 12.0. The average Bonchev–Trinajstić information content (AvgIpc) is 2.66. The summed E-state index contributed by atoms with van der Waals surface area (Å²) in [4.78, 5) is 12.7. The summed E-state index contributed by atoms with van der Waals surface area (Å²) in [5.74, 6) is 1.34. The number of hydrogen-bond acceptors (Lipinski definition) is 3. The van der Waals surface area contributed by atoms with Crippen LogP contribution >= 0.6 is 0 Å². The number of rotatable bonds is 7. The van der Waals surface area contributed by atoms with Gasteiger partial charge >= 0.3 is 0 Å². The van der Waals surface area contributed by atoms with E-state index in [0.29, 0.717) is 23.0 Å². The minimum Gasteiger partial charge on any atom is -0.493 e. The van der Waals surface area contributed by atoms with Gasteiger partial charge in [0.1, 0.15) is 0 Å². The van der Waals surface area contributed by atoms with Crippen molar-refractivity contribution >= 4 is 5.91 Å². The molecule has 1 N–H and O–H groups in total. The van der Waals surface area contributed by atoms with E-state index in [2.05, 4.69) is 43.4 Å². The van der Waals surface area contributed by atoms with Gasteiger partial charge in [-0.05, 0) is 42.5 Å². The van der Waals surface area contributed by atoms with Gasteiger partial charge in [0.25, 0.3) is 5.91 Å². The van der Waals surface area contributed by atoms with Crippen molar-refractivity contribution in [2.75, 3.05) is 14.2 Å². The van der Waals surface area contributed by atoms with Crippen molar-refractivity contribution in [3.05, 3.63) is 59.2 Å². The van der Waals surface area contributed by atoms with Crippen LogP contribution < -0.4 is 14.8 Å². The summed E-state index contributed by atoms with van der Waals surface area (Å²) in [6.07, 6.45) is 1.11. The first kappa shape index (κ1) is 18.8. The molecule has 0 fully saturated rings. The van der Waals surface area contributed by atoms with Gasteiger partial charge in [0, 0.05) is 0 Å². The fourth-order valence-corrected chi connectivity index (χ4v) is 2.77. The Labute approximate surface area is 150 Å². The van der Waals surface area contributed by atoms with E-state index < -0.39 is 0 Å². The Hall–Kier alpha value is -2.49. The minimum atomic E-state index is -0.186. The second-order valence-corrected chi connectivity index (χ2v) is 6.21. The molecule has 0 aliphatic carbocycles. The smallest absolute Gasteiger partial charge is 0.255 e. The monoisotopic (exact) mass is 341 g/mol. The molecule has 4 nitrogen and oxygen atoms in total. The molecule has 1 amide bonds. The Morgan fingerprint density at radius 2 is 1.64 bits per heavy atom. The fraction of sp³-hybridized carbons (Fsp3) is 0.381. The summed E-state index contributed by atoms with van der Waals surface area (Å²) < 4.78 is 10.6. The van der Waals surface area contributed by atoms with Gasteiger partial charge in [-0.2, -0.15) is 0 Å². The van der Waals surface area contributed by atoms with E-state index in [1.54, 1.807) is 25.3 Å². The molecule has 0 aliphatic rings. The molecule has 25 heavy (non-hydrogen) atoms. The van der Waals surface area contributed by atoms with Crippen LogP contribution in [0.3, 0.4) is 0 Å². The molecule has 0 saturated heterocycles. The highest BCUT2D eigenvalue weighted by atomic mass is 16.5. The highest BCUT2D eigenvalue weighted by molar-refractivity contribution is 5.98. The van der Waals surface area contributed by atoms with Gasteiger partial charge in [-0.1, -0.05) is 44.2 Å². The van der Waals surface area contributed by atoms with E-state index in [1.165, 1.54) is 12.7 Å². The van der Waals surface area contributed by atoms with Crippen LogP contribution in [0.1, 0.15) is 60.6 Å². The normalized spacial score (nSPS) is 13.0. The van der Waals surface area contributed by atoms with Gasteiger partial charge in [-0.3, -0.25) is 4.79 Å². The molecular formula is C21H27NO3. The summed E-state index contributed by atoms with van der Waals surface area (Å²) in [7, 11) is 3.09. The molecular weight excluding hydrogens is 314 g/mol. The number of benzene rings is 2. The molecule has 0 unspecified atom stereocenters. The van der Waals surface area contributed by atoms with Crippen LogP contribution in [-0.4, -0.2) is 20.1 Å². The van der Waals surface area contributed by atoms with E-state index in [0.717, 1.165) is 12.0 Å². The van der Waals surface area contributed by atoms with Crippen molar-refractivity contribution in [2.45, 2.75) is 39.2 Å². The summed E-state index contributed by atoms with van der Waals surface area (Å²) in [5, 5.41) is 3.03. The van der Waals surface area contributed by atoms with E-state index in [4.69, 9.17) is 9.47 Å². The Morgan fingerprint density at radius 3 is 2.20 bits per heavy atom. The van der Waals surface area contributed by atoms with E-state index in [1.807, 2.05) is 6.92 Å². The summed E-state index contributed by atoms with van der Waals surface area (Å²) in [5.41, 5.74) is 2.85. The van der Waals surface area contributed by atoms with Crippen LogP contribution in [-0.2, 0) is 0 Å². The van der Waals surface area contributed by atoms with Gasteiger partial charge < -0.3 is 14.8 Å². The Morgan fingerprint density at radius 1 is 1.00 bits per heavy atom. The second kappa shape index (κ2) is 8.56. The number of methoxy groups -OCH3 is 2. The third-order valence-electron chi connectivity index (χ3n) is 4.61. The number of carbonyl (C=O) groups is 1. The Balaban J connectivity index is 2.15. The van der Waals surface area contributed by atoms with Crippen molar-refractivity contribution in [1.82, 2.24) is 5.32 Å². The molecule has 0 saturated carbocycles. The summed E-state index contributed by atoms with van der Waals surface area (Å²) >= 11 is 0. The van der Waals surface area contributed by atoms with E-state index >= 15 is 0 Å². The van der Waals surface area contributed by atoms with Crippen molar-refractivity contribution in [1.29, 1.82) is 0 Å². The number of ether oxygens (including phenoxy) is 2. The standard InChI is InChI=1S/C21H27NO3/c1-6-14(2)16-10-12-17(13-11-16)15(3)22-21(23)18-8-7-9-19(24-4)20(18)25-5/h7-15H,6H2,1-5H3,(H,22,23)/t14-,15-/m0/s1. The highest BCUT2D eigenvalue weighted by Crippen LogP contribution is 2.31. The third-order valence-corrected chi connectivity index (χ3v) is 4.61. The zero-order valence-corrected chi connectivity index (χ0v) is 15.6. The molecule has 0 spiro atoms. The van der Waals surface area contributed by atoms with Crippen LogP contribution in [0, 0.1) is 0 Å². The molecule has 0 aromatic heterocycles. The first-order valence-electron chi connectivity index (χ1n) is 8.63. The van der Waals surface area contributed by atoms with Crippen molar-refractivity contribution in [2.24, 2.45) is 0 Å². The van der Waals surface area contributed by atoms with Gasteiger partial charge in [0.15, 0.2) is 11.5 Å². The van der Waals surface area contributed by atoms with Gasteiger partial charge in [0.2, 0.25) is 0 Å². The van der Waals surface area contributed by atoms with E-state index in [-0.39, 0.29) is 11.9 Å². The number of amides is 1. The number of nitrogens with one attached hydrogen (secondary N) is 1. The zero-order valence-electron chi connectivity index (χ0n) is 15.6. The van der Waals surface area contributed by atoms with Crippen LogP contribution in [0.25, 0.3) is 0 Å². The SMILES string of the molecule is CC[C@H](C)c1ccc([C@H](C)NC(=O)c2cccc(OC)c2OC)cc1. The molecule has 0 heterocycles. The molecule has 0 bridgehead atoms. The molecule has 2 aromatic carbocycles. The minimum absolute atomic E-state index is 0.102. The number of hydrogen-bond donors (Lipinski definition) is 1. The van der Waals surface area contributed by atoms with Gasteiger partial charge in [-0.25, -0.2) is 0 Å². The number of carbonyl (C=O) groups excluding carboxylic acids is 1. The lowest BCUT2D eigenvalue weighted by molar-refractivity contribution is 0.0936. The maximum atomic E-state index is 12.7. The fourth-order valence-electron chi connectivity index (χ4n) is 2.77. The third kappa shape index (κ3) is 4.32. The molecule has 0 radical (unpaired) electrons. The Kier molecular flexibility index (Phi) is 6.45. The molecule has 0 aliphatic heterocycles. The molecule has 134 valence electrons. The van der Waals surface area contributed by atoms with Crippen LogP contribution in [0.2, 0.25) is 0 Å². The van der Waals surface area contributed by atoms with Crippen LogP contribution in [0.4, 0.5) is 0 Å². The van der Waals surface area contributed by atoms with Crippen molar-refractivity contribution in [3.8, 4) is 11.5 Å². The van der Waals surface area contributed by atoms with Gasteiger partial charge in [-0.15, -0.1) is 0 Å². The zero-order chi connectivity index (χ0) is 18.4. The lowest BCUT2D eigenvalue weighted by Gasteiger charge is -2.18. The maximum absolute atomic E-state index is 12.7. The summed E-state index contributed by atoms with van der Waals surface area (Å²) in [6, 6.07) is 13.6. The summed E-state index contributed by atoms with van der Waals surface area (Å²) in [6.45, 7) is 6.38. The largest absolute Gasteiger partial charge is 0.493 e. The van der Waals surface area contributed by atoms with E-state index in [9.17, 15) is 4.79 Å². The second-order valence-electron chi connectivity index (χ2n) is 6.21. The lowest BCUT2D eigenvalue weighted by Crippen LogP contribution is -2.27. The van der Waals surface area contributed by atoms with Crippen molar-refractivity contribution in [3.63, 3.8) is 0 Å². The molecule has 2 aromatic rings. The van der Waals surface area contributed by atoms with Crippen molar-refractivity contribution < 1.29 is 14.3 Å². The molecule has 2 atom stereocenters. The Bertz CT molecular complexity index is 710. The lowest BCUT2D eigenvalue weighted by atomic mass is 9.96. The number of para-hydroxylation sites is 1. The maximum Gasteiger partial charge on any atom is 0.255 e. The predicted molar refractivity (Wildman–Crippen MR) is 101 cm³/mol. The molecule has 2 rings (SSSR count). The van der Waals surface area contributed by atoms with Crippen LogP contribution in [0.5, 0.6) is 11.5 Å².